The van der Waals surface area contributed by atoms with Crippen LogP contribution in [-0.4, -0.2) is 78.0 Å². The number of nitrogens with two attached hydrogens (primary N) is 5. The Morgan fingerprint density at radius 3 is 1.59 bits per heavy atom. The number of aliphatic imine (C=N–C) groups is 2. The van der Waals surface area contributed by atoms with Gasteiger partial charge in [-0.1, -0.05) is 27.7 Å². The van der Waals surface area contributed by atoms with Crippen molar-refractivity contribution in [1.29, 1.82) is 0 Å². The van der Waals surface area contributed by atoms with Crippen molar-refractivity contribution in [2.24, 2.45) is 50.5 Å². The molecule has 0 bridgehead atoms. The highest BCUT2D eigenvalue weighted by Crippen LogP contribution is 2.08. The predicted molar refractivity (Wildman–Crippen MR) is 141 cm³/mol. The summed E-state index contributed by atoms with van der Waals surface area (Å²) < 4.78 is 0. The number of hydrogen-bond donors (Lipinski definition) is 9. The third-order valence-corrected chi connectivity index (χ3v) is 5.36. The first-order valence-electron chi connectivity index (χ1n) is 12.2. The Morgan fingerprint density at radius 2 is 1.16 bits per heavy atom. The largest absolute Gasteiger partial charge is 0.480 e. The zero-order valence-electron chi connectivity index (χ0n) is 22.1. The van der Waals surface area contributed by atoms with E-state index in [0.29, 0.717) is 19.4 Å². The van der Waals surface area contributed by atoms with Crippen LogP contribution in [0.1, 0.15) is 53.4 Å². The standard InChI is InChI=1S/C22H44N10O5/c1-11(2)15(31-17(33)13(23)7-5-9-28-21(24)25)19(35)30-14(8-6-10-29-22(26)27)18(34)32-16(12(3)4)20(36)37/h11-16H,5-10,23H2,1-4H3,(H,30,35)(H,31,33)(H,32,34)(H,36,37)(H4,24,25,28)(H4,26,27,29). The van der Waals surface area contributed by atoms with E-state index in [1.807, 2.05) is 0 Å². The molecular weight excluding hydrogens is 484 g/mol. The number of carboxylic acid groups (broad SMARTS) is 1. The van der Waals surface area contributed by atoms with Gasteiger partial charge in [0.25, 0.3) is 0 Å². The smallest absolute Gasteiger partial charge is 0.326 e. The molecule has 15 heteroatoms. The molecule has 4 unspecified atom stereocenters. The second-order valence-electron chi connectivity index (χ2n) is 9.36. The van der Waals surface area contributed by atoms with E-state index < -0.39 is 53.8 Å². The first-order valence-corrected chi connectivity index (χ1v) is 12.2. The fourth-order valence-corrected chi connectivity index (χ4v) is 3.25. The quantitative estimate of drug-likeness (QED) is 0.0533. The number of nitrogens with zero attached hydrogens (tertiary/aromatic N) is 2. The van der Waals surface area contributed by atoms with Gasteiger partial charge in [-0.3, -0.25) is 24.4 Å². The average Bonchev–Trinajstić information content (AvgIpc) is 2.78. The average molecular weight is 529 g/mol. The summed E-state index contributed by atoms with van der Waals surface area (Å²) in [5, 5.41) is 17.1. The molecule has 0 aromatic carbocycles. The van der Waals surface area contributed by atoms with E-state index in [2.05, 4.69) is 25.9 Å². The third kappa shape index (κ3) is 13.9. The topological polar surface area (TPSA) is 279 Å². The van der Waals surface area contributed by atoms with Gasteiger partial charge in [0.05, 0.1) is 6.04 Å². The van der Waals surface area contributed by atoms with E-state index in [0.717, 1.165) is 0 Å². The highest BCUT2D eigenvalue weighted by Gasteiger charge is 2.32. The molecule has 3 amide bonds. The van der Waals surface area contributed by atoms with Gasteiger partial charge in [-0.2, -0.15) is 0 Å². The molecule has 0 radical (unpaired) electrons. The number of carboxylic acids is 1. The summed E-state index contributed by atoms with van der Waals surface area (Å²) in [5.41, 5.74) is 27.1. The molecule has 14 N–H and O–H groups in total. The van der Waals surface area contributed by atoms with Gasteiger partial charge in [-0.25, -0.2) is 4.79 Å². The minimum absolute atomic E-state index is 0.0606. The lowest BCUT2D eigenvalue weighted by Crippen LogP contribution is -2.58. The summed E-state index contributed by atoms with van der Waals surface area (Å²) in [4.78, 5) is 57.9. The number of guanidine groups is 2. The van der Waals surface area contributed by atoms with Crippen molar-refractivity contribution in [3.63, 3.8) is 0 Å². The Morgan fingerprint density at radius 1 is 0.703 bits per heavy atom. The van der Waals surface area contributed by atoms with Crippen LogP contribution in [0.2, 0.25) is 0 Å². The summed E-state index contributed by atoms with van der Waals surface area (Å²) in [7, 11) is 0. The first kappa shape index (κ1) is 33.4. The minimum atomic E-state index is -1.20. The van der Waals surface area contributed by atoms with Crippen LogP contribution in [-0.2, 0) is 19.2 Å². The summed E-state index contributed by atoms with van der Waals surface area (Å²) in [6.45, 7) is 7.26. The summed E-state index contributed by atoms with van der Waals surface area (Å²) in [6, 6.07) is -4.13. The number of nitrogens with one attached hydrogen (secondary N) is 3. The third-order valence-electron chi connectivity index (χ3n) is 5.36. The highest BCUT2D eigenvalue weighted by atomic mass is 16.4. The SMILES string of the molecule is CC(C)C(NC(=O)C(CCCN=C(N)N)NC(=O)C(NC(=O)C(N)CCCN=C(N)N)C(C)C)C(=O)O. The molecule has 0 heterocycles. The molecule has 0 rings (SSSR count). The molecule has 0 aromatic rings. The Labute approximate surface area is 217 Å². The lowest BCUT2D eigenvalue weighted by Gasteiger charge is -2.27. The molecule has 212 valence electrons. The molecule has 0 fully saturated rings. The minimum Gasteiger partial charge on any atom is -0.480 e. The number of hydrogen-bond acceptors (Lipinski definition) is 7. The van der Waals surface area contributed by atoms with Crippen LogP contribution in [0.15, 0.2) is 9.98 Å². The van der Waals surface area contributed by atoms with E-state index in [9.17, 15) is 24.3 Å². The lowest BCUT2D eigenvalue weighted by atomic mass is 10.0. The van der Waals surface area contributed by atoms with Crippen LogP contribution in [0.3, 0.4) is 0 Å². The second-order valence-corrected chi connectivity index (χ2v) is 9.36. The van der Waals surface area contributed by atoms with Gasteiger partial charge in [0.1, 0.15) is 18.1 Å². The van der Waals surface area contributed by atoms with E-state index in [1.165, 1.54) is 0 Å². The van der Waals surface area contributed by atoms with Gasteiger partial charge in [0.15, 0.2) is 11.9 Å². The zero-order valence-corrected chi connectivity index (χ0v) is 22.1. The number of rotatable bonds is 17. The molecule has 0 saturated heterocycles. The van der Waals surface area contributed by atoms with Crippen molar-refractivity contribution >= 4 is 35.6 Å². The maximum absolute atomic E-state index is 13.1. The maximum Gasteiger partial charge on any atom is 0.326 e. The molecule has 0 aliphatic heterocycles. The second kappa shape index (κ2) is 16.9. The summed E-state index contributed by atoms with van der Waals surface area (Å²) in [6.07, 6.45) is 1.21. The monoisotopic (exact) mass is 528 g/mol. The van der Waals surface area contributed by atoms with Crippen LogP contribution >= 0.6 is 0 Å². The predicted octanol–water partition coefficient (Wildman–Crippen LogP) is -2.73. The van der Waals surface area contributed by atoms with Crippen LogP contribution < -0.4 is 44.6 Å². The Balaban J connectivity index is 5.45. The number of carbonyl (C=O) groups is 4. The fraction of sp³-hybridized carbons (Fsp3) is 0.727. The number of aliphatic carboxylic acids is 1. The Bertz CT molecular complexity index is 823. The Kier molecular flexibility index (Phi) is 15.3. The van der Waals surface area contributed by atoms with Crippen LogP contribution in [0.25, 0.3) is 0 Å². The normalized spacial score (nSPS) is 14.1. The fourth-order valence-electron chi connectivity index (χ4n) is 3.25. The van der Waals surface area contributed by atoms with Crippen molar-refractivity contribution in [3.8, 4) is 0 Å². The number of amides is 3. The van der Waals surface area contributed by atoms with Gasteiger partial charge in [0.2, 0.25) is 17.7 Å². The maximum atomic E-state index is 13.1. The van der Waals surface area contributed by atoms with Gasteiger partial charge >= 0.3 is 5.97 Å². The van der Waals surface area contributed by atoms with Crippen molar-refractivity contribution in [1.82, 2.24) is 16.0 Å². The van der Waals surface area contributed by atoms with Gasteiger partial charge < -0.3 is 49.7 Å². The molecule has 0 aliphatic rings. The van der Waals surface area contributed by atoms with Crippen molar-refractivity contribution in [2.45, 2.75) is 77.5 Å². The van der Waals surface area contributed by atoms with E-state index in [1.54, 1.807) is 27.7 Å². The Hall–Kier alpha value is -3.62. The molecule has 0 saturated carbocycles. The van der Waals surface area contributed by atoms with Crippen LogP contribution in [0.5, 0.6) is 0 Å². The van der Waals surface area contributed by atoms with Crippen molar-refractivity contribution in [3.05, 3.63) is 0 Å². The van der Waals surface area contributed by atoms with E-state index >= 15 is 0 Å². The van der Waals surface area contributed by atoms with Crippen LogP contribution in [0.4, 0.5) is 0 Å². The summed E-state index contributed by atoms with van der Waals surface area (Å²) in [5.74, 6) is -3.95. The van der Waals surface area contributed by atoms with Gasteiger partial charge in [0, 0.05) is 13.1 Å². The number of carbonyl (C=O) groups excluding carboxylic acids is 3. The molecule has 37 heavy (non-hydrogen) atoms. The molecular formula is C22H44N10O5. The molecule has 0 aliphatic carbocycles. The highest BCUT2D eigenvalue weighted by molar-refractivity contribution is 5.94. The lowest BCUT2D eigenvalue weighted by molar-refractivity contribution is -0.143. The van der Waals surface area contributed by atoms with E-state index in [-0.39, 0.29) is 37.2 Å². The van der Waals surface area contributed by atoms with Gasteiger partial charge in [-0.05, 0) is 37.5 Å². The zero-order chi connectivity index (χ0) is 28.7. The van der Waals surface area contributed by atoms with Crippen molar-refractivity contribution in [2.75, 3.05) is 13.1 Å². The van der Waals surface area contributed by atoms with Gasteiger partial charge in [-0.15, -0.1) is 0 Å². The van der Waals surface area contributed by atoms with Crippen molar-refractivity contribution < 1.29 is 24.3 Å². The first-order chi connectivity index (χ1) is 17.2. The molecule has 15 nitrogen and oxygen atoms in total. The summed E-state index contributed by atoms with van der Waals surface area (Å²) >= 11 is 0. The van der Waals surface area contributed by atoms with E-state index in [4.69, 9.17) is 28.7 Å². The molecule has 0 aromatic heterocycles. The van der Waals surface area contributed by atoms with Crippen LogP contribution in [0, 0.1) is 11.8 Å². The molecule has 4 atom stereocenters. The molecule has 0 spiro atoms.